The molecule has 6 nitrogen and oxygen atoms in total. The zero-order valence-corrected chi connectivity index (χ0v) is 10.2. The number of nitrogen functional groups attached to an aromatic ring is 1. The molecule has 1 unspecified atom stereocenters. The van der Waals surface area contributed by atoms with E-state index in [1.807, 2.05) is 24.3 Å². The Morgan fingerprint density at radius 3 is 2.94 bits per heavy atom. The normalized spacial score (nSPS) is 12.3. The van der Waals surface area contributed by atoms with E-state index in [9.17, 15) is 0 Å². The largest absolute Gasteiger partial charge is 0.497 e. The summed E-state index contributed by atoms with van der Waals surface area (Å²) in [4.78, 5) is 0. The van der Waals surface area contributed by atoms with E-state index in [0.29, 0.717) is 12.2 Å². The number of aromatic nitrogens is 2. The van der Waals surface area contributed by atoms with Gasteiger partial charge in [0, 0.05) is 5.56 Å². The summed E-state index contributed by atoms with van der Waals surface area (Å²) in [5, 5.41) is 6.59. The molecule has 0 aliphatic heterocycles. The molecule has 2 rings (SSSR count). The van der Waals surface area contributed by atoms with Gasteiger partial charge in [0.15, 0.2) is 0 Å². The first-order chi connectivity index (χ1) is 8.74. The SMILES string of the molecule is COc1cccc(CC(NN)c2cn[nH]c2N)c1. The van der Waals surface area contributed by atoms with Gasteiger partial charge in [-0.15, -0.1) is 0 Å². The minimum atomic E-state index is -0.0872. The molecule has 0 bridgehead atoms. The molecule has 0 saturated heterocycles. The van der Waals surface area contributed by atoms with E-state index in [2.05, 4.69) is 15.6 Å². The van der Waals surface area contributed by atoms with Crippen LogP contribution in [0.4, 0.5) is 5.82 Å². The number of anilines is 1. The number of nitrogens with two attached hydrogens (primary N) is 2. The van der Waals surface area contributed by atoms with E-state index < -0.39 is 0 Å². The van der Waals surface area contributed by atoms with Crippen LogP contribution in [-0.4, -0.2) is 17.3 Å². The number of rotatable bonds is 5. The molecule has 18 heavy (non-hydrogen) atoms. The summed E-state index contributed by atoms with van der Waals surface area (Å²) in [6.07, 6.45) is 2.39. The molecule has 0 amide bonds. The van der Waals surface area contributed by atoms with Crippen LogP contribution in [0.2, 0.25) is 0 Å². The lowest BCUT2D eigenvalue weighted by Crippen LogP contribution is -2.29. The van der Waals surface area contributed by atoms with E-state index in [1.54, 1.807) is 13.3 Å². The third kappa shape index (κ3) is 2.61. The van der Waals surface area contributed by atoms with Gasteiger partial charge in [0.05, 0.1) is 19.3 Å². The van der Waals surface area contributed by atoms with Crippen molar-refractivity contribution in [1.29, 1.82) is 0 Å². The van der Waals surface area contributed by atoms with Crippen LogP contribution in [0.5, 0.6) is 5.75 Å². The molecule has 0 fully saturated rings. The average Bonchev–Trinajstić information content (AvgIpc) is 2.82. The number of H-pyrrole nitrogens is 1. The summed E-state index contributed by atoms with van der Waals surface area (Å²) in [5.41, 5.74) is 10.5. The number of nitrogens with zero attached hydrogens (tertiary/aromatic N) is 1. The standard InChI is InChI=1S/C12H17N5O/c1-18-9-4-2-3-8(5-9)6-11(16-14)10-7-15-17-12(10)13/h2-5,7,11,16H,6,14H2,1H3,(H3,13,15,17). The van der Waals surface area contributed by atoms with Crippen molar-refractivity contribution in [3.63, 3.8) is 0 Å². The maximum Gasteiger partial charge on any atom is 0.123 e. The molecule has 0 radical (unpaired) electrons. The first-order valence-corrected chi connectivity index (χ1v) is 5.62. The van der Waals surface area contributed by atoms with Crippen LogP contribution < -0.4 is 21.7 Å². The molecule has 0 aliphatic carbocycles. The molecule has 1 aromatic heterocycles. The molecule has 6 heteroatoms. The van der Waals surface area contributed by atoms with Gasteiger partial charge in [-0.3, -0.25) is 16.4 Å². The van der Waals surface area contributed by atoms with Crippen LogP contribution in [0.3, 0.4) is 0 Å². The van der Waals surface area contributed by atoms with Crippen LogP contribution in [0.25, 0.3) is 0 Å². The minimum Gasteiger partial charge on any atom is -0.497 e. The van der Waals surface area contributed by atoms with Gasteiger partial charge in [-0.1, -0.05) is 12.1 Å². The third-order valence-electron chi connectivity index (χ3n) is 2.85. The highest BCUT2D eigenvalue weighted by molar-refractivity contribution is 5.40. The highest BCUT2D eigenvalue weighted by Gasteiger charge is 2.15. The topological polar surface area (TPSA) is 102 Å². The predicted octanol–water partition coefficient (Wildman–Crippen LogP) is 0.748. The lowest BCUT2D eigenvalue weighted by atomic mass is 10.0. The van der Waals surface area contributed by atoms with Crippen molar-refractivity contribution in [3.8, 4) is 5.75 Å². The van der Waals surface area contributed by atoms with Gasteiger partial charge in [0.1, 0.15) is 11.6 Å². The Labute approximate surface area is 105 Å². The van der Waals surface area contributed by atoms with Crippen molar-refractivity contribution < 1.29 is 4.74 Å². The van der Waals surface area contributed by atoms with Crippen molar-refractivity contribution in [2.75, 3.05) is 12.8 Å². The van der Waals surface area contributed by atoms with Crippen molar-refractivity contribution in [2.45, 2.75) is 12.5 Å². The molecule has 2 aromatic rings. The number of hydrazine groups is 1. The van der Waals surface area contributed by atoms with E-state index in [4.69, 9.17) is 16.3 Å². The van der Waals surface area contributed by atoms with Crippen LogP contribution >= 0.6 is 0 Å². The first-order valence-electron chi connectivity index (χ1n) is 5.62. The van der Waals surface area contributed by atoms with Crippen molar-refractivity contribution in [3.05, 3.63) is 41.6 Å². The molecular formula is C12H17N5O. The number of hydrogen-bond donors (Lipinski definition) is 4. The monoisotopic (exact) mass is 247 g/mol. The van der Waals surface area contributed by atoms with Gasteiger partial charge in [0.2, 0.25) is 0 Å². The van der Waals surface area contributed by atoms with Crippen molar-refractivity contribution in [1.82, 2.24) is 15.6 Å². The van der Waals surface area contributed by atoms with Crippen LogP contribution in [0.15, 0.2) is 30.5 Å². The lowest BCUT2D eigenvalue weighted by Gasteiger charge is -2.15. The molecule has 0 spiro atoms. The Kier molecular flexibility index (Phi) is 3.81. The zero-order chi connectivity index (χ0) is 13.0. The quantitative estimate of drug-likeness (QED) is 0.461. The number of methoxy groups -OCH3 is 1. The second-order valence-electron chi connectivity index (χ2n) is 4.01. The smallest absolute Gasteiger partial charge is 0.123 e. The van der Waals surface area contributed by atoms with Gasteiger partial charge in [-0.25, -0.2) is 0 Å². The molecule has 0 saturated carbocycles. The lowest BCUT2D eigenvalue weighted by molar-refractivity contribution is 0.414. The van der Waals surface area contributed by atoms with Gasteiger partial charge in [-0.2, -0.15) is 5.10 Å². The minimum absolute atomic E-state index is 0.0872. The Balaban J connectivity index is 2.18. The summed E-state index contributed by atoms with van der Waals surface area (Å²) in [6.45, 7) is 0. The fraction of sp³-hybridized carbons (Fsp3) is 0.250. The molecule has 1 atom stereocenters. The number of ether oxygens (including phenoxy) is 1. The Hall–Kier alpha value is -2.05. The van der Waals surface area contributed by atoms with E-state index in [0.717, 1.165) is 16.9 Å². The fourth-order valence-electron chi connectivity index (χ4n) is 1.88. The Morgan fingerprint density at radius 2 is 2.33 bits per heavy atom. The van der Waals surface area contributed by atoms with Crippen LogP contribution in [-0.2, 0) is 6.42 Å². The van der Waals surface area contributed by atoms with Crippen molar-refractivity contribution >= 4 is 5.82 Å². The molecule has 1 heterocycles. The maximum atomic E-state index is 5.79. The number of aromatic amines is 1. The highest BCUT2D eigenvalue weighted by atomic mass is 16.5. The van der Waals surface area contributed by atoms with E-state index in [1.165, 1.54) is 0 Å². The maximum absolute atomic E-state index is 5.79. The summed E-state index contributed by atoms with van der Waals surface area (Å²) in [6, 6.07) is 7.75. The van der Waals surface area contributed by atoms with Crippen molar-refractivity contribution in [2.24, 2.45) is 5.84 Å². The molecule has 1 aromatic carbocycles. The molecule has 6 N–H and O–H groups in total. The number of nitrogens with one attached hydrogen (secondary N) is 2. The Bertz CT molecular complexity index is 511. The summed E-state index contributed by atoms with van der Waals surface area (Å²) >= 11 is 0. The van der Waals surface area contributed by atoms with Crippen LogP contribution in [0, 0.1) is 0 Å². The first kappa shape index (κ1) is 12.4. The Morgan fingerprint density at radius 1 is 1.50 bits per heavy atom. The van der Waals surface area contributed by atoms with Gasteiger partial charge < -0.3 is 10.5 Å². The fourth-order valence-corrected chi connectivity index (χ4v) is 1.88. The summed E-state index contributed by atoms with van der Waals surface area (Å²) in [5.74, 6) is 6.92. The zero-order valence-electron chi connectivity index (χ0n) is 10.2. The van der Waals surface area contributed by atoms with E-state index >= 15 is 0 Å². The number of benzene rings is 1. The van der Waals surface area contributed by atoms with Crippen LogP contribution in [0.1, 0.15) is 17.2 Å². The van der Waals surface area contributed by atoms with Gasteiger partial charge >= 0.3 is 0 Å². The summed E-state index contributed by atoms with van der Waals surface area (Å²) < 4.78 is 5.19. The third-order valence-corrected chi connectivity index (χ3v) is 2.85. The predicted molar refractivity (Wildman–Crippen MR) is 69.8 cm³/mol. The second kappa shape index (κ2) is 5.52. The molecular weight excluding hydrogens is 230 g/mol. The highest BCUT2D eigenvalue weighted by Crippen LogP contribution is 2.23. The van der Waals surface area contributed by atoms with E-state index in [-0.39, 0.29) is 6.04 Å². The second-order valence-corrected chi connectivity index (χ2v) is 4.01. The average molecular weight is 247 g/mol. The number of hydrogen-bond acceptors (Lipinski definition) is 5. The molecule has 0 aliphatic rings. The summed E-state index contributed by atoms with van der Waals surface area (Å²) in [7, 11) is 1.64. The van der Waals surface area contributed by atoms with Gasteiger partial charge in [0.25, 0.3) is 0 Å². The van der Waals surface area contributed by atoms with Gasteiger partial charge in [-0.05, 0) is 24.1 Å². The molecule has 96 valence electrons.